The van der Waals surface area contributed by atoms with E-state index >= 15 is 0 Å². The lowest BCUT2D eigenvalue weighted by Crippen LogP contribution is -2.49. The highest BCUT2D eigenvalue weighted by Crippen LogP contribution is 2.26. The van der Waals surface area contributed by atoms with Gasteiger partial charge >= 0.3 is 0 Å². The second-order valence-corrected chi connectivity index (χ2v) is 7.87. The number of rotatable bonds is 7. The highest BCUT2D eigenvalue weighted by Gasteiger charge is 2.33. The number of hydrogen-bond acceptors (Lipinski definition) is 1. The summed E-state index contributed by atoms with van der Waals surface area (Å²) in [6.45, 7) is -2.91. The molecule has 0 radical (unpaired) electrons. The molecule has 0 spiro atoms. The van der Waals surface area contributed by atoms with E-state index in [1.807, 2.05) is 0 Å². The van der Waals surface area contributed by atoms with Crippen molar-refractivity contribution in [2.45, 2.75) is 32.4 Å². The van der Waals surface area contributed by atoms with Crippen LogP contribution in [0.15, 0.2) is 48.5 Å². The molecular weight excluding hydrogens is 353 g/mol. The van der Waals surface area contributed by atoms with Crippen LogP contribution in [0.3, 0.4) is 0 Å². The zero-order chi connectivity index (χ0) is 23.7. The minimum Gasteiger partial charge on any atom is -0.389 e. The predicted octanol–water partition coefficient (Wildman–Crippen LogP) is 5.20. The van der Waals surface area contributed by atoms with Gasteiger partial charge in [0, 0.05) is 27.9 Å². The van der Waals surface area contributed by atoms with Crippen LogP contribution >= 0.6 is 23.2 Å². The minimum atomic E-state index is -2.84. The normalized spacial score (nSPS) is 20.2. The first kappa shape index (κ1) is 13.2. The Morgan fingerprint density at radius 1 is 1.00 bits per heavy atom. The molecule has 2 unspecified atom stereocenters. The molecule has 0 aliphatic heterocycles. The van der Waals surface area contributed by atoms with E-state index in [9.17, 15) is 5.11 Å². The van der Waals surface area contributed by atoms with Gasteiger partial charge < -0.3 is 9.59 Å². The number of halogens is 2. The summed E-state index contributed by atoms with van der Waals surface area (Å²) in [5.41, 5.74) is 0.0226. The quantitative estimate of drug-likeness (QED) is 0.648. The van der Waals surface area contributed by atoms with Crippen molar-refractivity contribution in [2.75, 3.05) is 20.5 Å². The van der Waals surface area contributed by atoms with Crippen molar-refractivity contribution in [3.63, 3.8) is 0 Å². The van der Waals surface area contributed by atoms with E-state index in [2.05, 4.69) is 0 Å². The Morgan fingerprint density at radius 2 is 1.48 bits per heavy atom. The maximum absolute atomic E-state index is 11.2. The highest BCUT2D eigenvalue weighted by molar-refractivity contribution is 6.30. The second-order valence-electron chi connectivity index (χ2n) is 7.00. The topological polar surface area (TPSA) is 20.2 Å². The van der Waals surface area contributed by atoms with E-state index in [-0.39, 0.29) is 19.5 Å². The monoisotopic (exact) mass is 386 g/mol. The van der Waals surface area contributed by atoms with Gasteiger partial charge in [-0.25, -0.2) is 0 Å². The smallest absolute Gasteiger partial charge is 0.104 e. The molecule has 25 heavy (non-hydrogen) atoms. The maximum Gasteiger partial charge on any atom is 0.104 e. The summed E-state index contributed by atoms with van der Waals surface area (Å²) in [5.74, 6) is -0.642. The van der Waals surface area contributed by atoms with Crippen molar-refractivity contribution in [3.8, 4) is 0 Å². The van der Waals surface area contributed by atoms with Crippen LogP contribution < -0.4 is 0 Å². The van der Waals surface area contributed by atoms with E-state index in [0.717, 1.165) is 5.56 Å². The zero-order valence-electron chi connectivity index (χ0n) is 20.5. The molecule has 0 aliphatic carbocycles. The molecule has 1 N–H and O–H groups in total. The van der Waals surface area contributed by atoms with Crippen LogP contribution in [0.1, 0.15) is 33.2 Å². The molecule has 0 heterocycles. The molecule has 136 valence electrons. The third kappa shape index (κ3) is 6.31. The molecular formula is C21H28Cl2NO+. The van der Waals surface area contributed by atoms with E-state index in [1.165, 1.54) is 0 Å². The summed E-state index contributed by atoms with van der Waals surface area (Å²) in [5, 5.41) is 12.2. The van der Waals surface area contributed by atoms with Crippen LogP contribution in [-0.4, -0.2) is 35.7 Å². The average molecular weight is 387 g/mol. The molecule has 0 amide bonds. The van der Waals surface area contributed by atoms with Crippen LogP contribution in [0.5, 0.6) is 0 Å². The lowest BCUT2D eigenvalue weighted by Gasteiger charge is -2.38. The zero-order valence-corrected chi connectivity index (χ0v) is 16.0. The standard InChI is InChI=1S/C21H28Cl2NO/c1-16(21(2,25)13-17-5-9-19(22)10-6-17)14-24(3,4)15-18-7-11-20(23)12-8-18/h5-12,16,25H,13-15H2,1-4H3/q+1/i3D3,4D3. The lowest BCUT2D eigenvalue weighted by molar-refractivity contribution is -0.907. The Bertz CT molecular complexity index is 849. The van der Waals surface area contributed by atoms with E-state index in [4.69, 9.17) is 31.4 Å². The number of hydrogen-bond donors (Lipinski definition) is 1. The molecule has 0 aliphatic rings. The van der Waals surface area contributed by atoms with Gasteiger partial charge in [-0.05, 0) is 36.8 Å². The Morgan fingerprint density at radius 3 is 1.96 bits per heavy atom. The van der Waals surface area contributed by atoms with Gasteiger partial charge in [0.2, 0.25) is 0 Å². The van der Waals surface area contributed by atoms with Crippen molar-refractivity contribution in [2.24, 2.45) is 5.92 Å². The third-order valence-corrected chi connectivity index (χ3v) is 4.99. The number of aliphatic hydroxyl groups is 1. The third-order valence-electron chi connectivity index (χ3n) is 4.49. The van der Waals surface area contributed by atoms with Crippen LogP contribution in [-0.2, 0) is 13.0 Å². The molecule has 4 heteroatoms. The predicted molar refractivity (Wildman–Crippen MR) is 107 cm³/mol. The summed E-state index contributed by atoms with van der Waals surface area (Å²) in [4.78, 5) is 0. The number of nitrogens with zero attached hydrogens (tertiary/aromatic N) is 1. The first-order chi connectivity index (χ1) is 14.1. The Kier molecular flexibility index (Phi) is 4.26. The van der Waals surface area contributed by atoms with Crippen LogP contribution in [0.2, 0.25) is 10.0 Å². The summed E-state index contributed by atoms with van der Waals surface area (Å²) < 4.78 is 47.7. The van der Waals surface area contributed by atoms with Crippen LogP contribution in [0.25, 0.3) is 0 Å². The highest BCUT2D eigenvalue weighted by atomic mass is 35.5. The average Bonchev–Trinajstić information content (AvgIpc) is 2.62. The van der Waals surface area contributed by atoms with Crippen molar-refractivity contribution in [3.05, 3.63) is 69.7 Å². The van der Waals surface area contributed by atoms with Gasteiger partial charge in [-0.2, -0.15) is 0 Å². The molecule has 0 aromatic heterocycles. The molecule has 2 aromatic carbocycles. The minimum absolute atomic E-state index is 0.230. The van der Waals surface area contributed by atoms with Gasteiger partial charge in [0.15, 0.2) is 0 Å². The number of benzene rings is 2. The molecule has 2 nitrogen and oxygen atoms in total. The van der Waals surface area contributed by atoms with E-state index < -0.39 is 30.0 Å². The Hall–Kier alpha value is -1.06. The first-order valence-electron chi connectivity index (χ1n) is 11.2. The second kappa shape index (κ2) is 8.09. The van der Waals surface area contributed by atoms with Gasteiger partial charge in [0.25, 0.3) is 0 Å². The fourth-order valence-electron chi connectivity index (χ4n) is 2.82. The SMILES string of the molecule is [2H]C([2H])([2H])[N+](Cc1ccc(Cl)cc1)(CC(C)C(C)(O)Cc1ccc(Cl)cc1)C([2H])([2H])[2H]. The maximum atomic E-state index is 11.2. The van der Waals surface area contributed by atoms with Crippen molar-refractivity contribution >= 4 is 23.2 Å². The summed E-state index contributed by atoms with van der Waals surface area (Å²) in [6, 6.07) is 13.5. The molecule has 2 atom stereocenters. The van der Waals surface area contributed by atoms with Crippen LogP contribution in [0, 0.1) is 5.92 Å². The van der Waals surface area contributed by atoms with Gasteiger partial charge in [-0.3, -0.25) is 0 Å². The van der Waals surface area contributed by atoms with Crippen molar-refractivity contribution in [1.29, 1.82) is 0 Å². The largest absolute Gasteiger partial charge is 0.389 e. The Balaban J connectivity index is 2.40. The van der Waals surface area contributed by atoms with Crippen molar-refractivity contribution in [1.82, 2.24) is 0 Å². The van der Waals surface area contributed by atoms with Gasteiger partial charge in [0.05, 0.1) is 34.3 Å². The fourth-order valence-corrected chi connectivity index (χ4v) is 3.07. The van der Waals surface area contributed by atoms with Gasteiger partial charge in [-0.1, -0.05) is 54.4 Å². The molecule has 0 saturated heterocycles. The van der Waals surface area contributed by atoms with Gasteiger partial charge in [0.1, 0.15) is 6.54 Å². The van der Waals surface area contributed by atoms with Gasteiger partial charge in [-0.15, -0.1) is 0 Å². The summed E-state index contributed by atoms with van der Waals surface area (Å²) >= 11 is 11.8. The van der Waals surface area contributed by atoms with Crippen molar-refractivity contribution < 1.29 is 17.8 Å². The molecule has 0 bridgehead atoms. The molecule has 2 aromatic rings. The molecule has 2 rings (SSSR count). The summed E-state index contributed by atoms with van der Waals surface area (Å²) in [6.07, 6.45) is 0.230. The Labute approximate surface area is 170 Å². The number of quaternary nitrogens is 1. The molecule has 0 fully saturated rings. The van der Waals surface area contributed by atoms with E-state index in [1.54, 1.807) is 62.4 Å². The lowest BCUT2D eigenvalue weighted by atomic mass is 9.84. The van der Waals surface area contributed by atoms with Crippen LogP contribution in [0.4, 0.5) is 0 Å². The molecule has 0 saturated carbocycles. The summed E-state index contributed by atoms with van der Waals surface area (Å²) in [7, 11) is 0. The fraction of sp³-hybridized carbons (Fsp3) is 0.429. The van der Waals surface area contributed by atoms with E-state index in [0.29, 0.717) is 15.6 Å². The first-order valence-corrected chi connectivity index (χ1v) is 8.91.